The van der Waals surface area contributed by atoms with Crippen LogP contribution in [0.15, 0.2) is 6.07 Å². The van der Waals surface area contributed by atoms with Gasteiger partial charge in [-0.1, -0.05) is 0 Å². The Morgan fingerprint density at radius 3 is 2.87 bits per heavy atom. The molecule has 1 aromatic rings. The maximum absolute atomic E-state index is 11.1. The number of nitrogens with zero attached hydrogens (tertiary/aromatic N) is 1. The Morgan fingerprint density at radius 1 is 1.53 bits per heavy atom. The summed E-state index contributed by atoms with van der Waals surface area (Å²) in [7, 11) is 0. The monoisotopic (exact) mass is 208 g/mol. The van der Waals surface area contributed by atoms with Gasteiger partial charge >= 0.3 is 5.97 Å². The van der Waals surface area contributed by atoms with Crippen molar-refractivity contribution in [2.24, 2.45) is 0 Å². The van der Waals surface area contributed by atoms with Gasteiger partial charge in [-0.05, 0) is 18.1 Å². The number of carboxylic acid groups (broad SMARTS) is 1. The van der Waals surface area contributed by atoms with Crippen LogP contribution in [-0.2, 0) is 17.8 Å². The standard InChI is InChI=1S/C10H12N2O3/c1-6(13)12-3-2-7-4-8(10(14)15)11-9(7)5-12/h4,11H,2-3,5H2,1H3,(H,14,15). The quantitative estimate of drug-likeness (QED) is 0.710. The number of carbonyl (C=O) groups is 2. The SMILES string of the molecule is CC(=O)N1CCc2cc(C(=O)O)[nH]c2C1. The third kappa shape index (κ3) is 1.72. The molecule has 0 spiro atoms. The van der Waals surface area contributed by atoms with E-state index in [1.54, 1.807) is 11.0 Å². The highest BCUT2D eigenvalue weighted by Gasteiger charge is 2.21. The molecule has 0 saturated heterocycles. The summed E-state index contributed by atoms with van der Waals surface area (Å²) in [5, 5.41) is 8.80. The maximum atomic E-state index is 11.1. The van der Waals surface area contributed by atoms with Gasteiger partial charge in [-0.15, -0.1) is 0 Å². The second-order valence-corrected chi connectivity index (χ2v) is 3.68. The molecule has 2 heterocycles. The van der Waals surface area contributed by atoms with Crippen LogP contribution >= 0.6 is 0 Å². The molecule has 1 aromatic heterocycles. The molecule has 0 unspecified atom stereocenters. The normalized spacial score (nSPS) is 14.9. The van der Waals surface area contributed by atoms with E-state index in [1.807, 2.05) is 0 Å². The fraction of sp³-hybridized carbons (Fsp3) is 0.400. The first-order chi connectivity index (χ1) is 7.08. The van der Waals surface area contributed by atoms with Crippen molar-refractivity contribution in [1.82, 2.24) is 9.88 Å². The van der Waals surface area contributed by atoms with Gasteiger partial charge in [-0.25, -0.2) is 4.79 Å². The highest BCUT2D eigenvalue weighted by atomic mass is 16.4. The topological polar surface area (TPSA) is 73.4 Å². The van der Waals surface area contributed by atoms with E-state index in [4.69, 9.17) is 5.11 Å². The van der Waals surface area contributed by atoms with E-state index in [2.05, 4.69) is 4.98 Å². The summed E-state index contributed by atoms with van der Waals surface area (Å²) in [6, 6.07) is 1.65. The fourth-order valence-electron chi connectivity index (χ4n) is 1.81. The van der Waals surface area contributed by atoms with Gasteiger partial charge in [0.05, 0.1) is 6.54 Å². The van der Waals surface area contributed by atoms with Gasteiger partial charge < -0.3 is 15.0 Å². The third-order valence-electron chi connectivity index (χ3n) is 2.67. The zero-order valence-electron chi connectivity index (χ0n) is 8.41. The Morgan fingerprint density at radius 2 is 2.27 bits per heavy atom. The first kappa shape index (κ1) is 9.76. The number of H-pyrrole nitrogens is 1. The van der Waals surface area contributed by atoms with Crippen molar-refractivity contribution in [1.29, 1.82) is 0 Å². The summed E-state index contributed by atoms with van der Waals surface area (Å²) < 4.78 is 0. The number of aromatic amines is 1. The molecular weight excluding hydrogens is 196 g/mol. The molecule has 5 nitrogen and oxygen atoms in total. The molecule has 1 aliphatic heterocycles. The largest absolute Gasteiger partial charge is 0.477 e. The second kappa shape index (κ2) is 3.42. The molecule has 5 heteroatoms. The minimum absolute atomic E-state index is 0.0205. The predicted molar refractivity (Wildman–Crippen MR) is 52.5 cm³/mol. The summed E-state index contributed by atoms with van der Waals surface area (Å²) in [6.45, 7) is 2.67. The van der Waals surface area contributed by atoms with Crippen LogP contribution in [0.5, 0.6) is 0 Å². The average Bonchev–Trinajstić information content (AvgIpc) is 2.59. The molecule has 0 aliphatic carbocycles. The minimum atomic E-state index is -0.959. The number of amides is 1. The van der Waals surface area contributed by atoms with E-state index < -0.39 is 5.97 Å². The lowest BCUT2D eigenvalue weighted by Gasteiger charge is -2.25. The number of hydrogen-bond acceptors (Lipinski definition) is 2. The Bertz CT molecular complexity index is 422. The van der Waals surface area contributed by atoms with Crippen LogP contribution < -0.4 is 0 Å². The maximum Gasteiger partial charge on any atom is 0.352 e. The van der Waals surface area contributed by atoms with E-state index in [9.17, 15) is 9.59 Å². The molecular formula is C10H12N2O3. The van der Waals surface area contributed by atoms with Gasteiger partial charge in [0.1, 0.15) is 5.69 Å². The molecule has 1 aliphatic rings. The van der Waals surface area contributed by atoms with Crippen LogP contribution in [0.25, 0.3) is 0 Å². The molecule has 80 valence electrons. The predicted octanol–water partition coefficient (Wildman–Crippen LogP) is 0.618. The fourth-order valence-corrected chi connectivity index (χ4v) is 1.81. The van der Waals surface area contributed by atoms with E-state index in [0.717, 1.165) is 17.7 Å². The molecule has 1 amide bonds. The molecule has 0 fully saturated rings. The number of aromatic carboxylic acids is 1. The zero-order valence-corrected chi connectivity index (χ0v) is 8.41. The van der Waals surface area contributed by atoms with Crippen LogP contribution in [0.4, 0.5) is 0 Å². The van der Waals surface area contributed by atoms with Crippen molar-refractivity contribution in [2.45, 2.75) is 19.9 Å². The van der Waals surface area contributed by atoms with Crippen LogP contribution in [-0.4, -0.2) is 33.4 Å². The second-order valence-electron chi connectivity index (χ2n) is 3.68. The average molecular weight is 208 g/mol. The molecule has 0 aromatic carbocycles. The van der Waals surface area contributed by atoms with Crippen LogP contribution in [0.3, 0.4) is 0 Å². The van der Waals surface area contributed by atoms with E-state index in [1.165, 1.54) is 6.92 Å². The molecule has 0 bridgehead atoms. The van der Waals surface area contributed by atoms with Gasteiger partial charge in [-0.3, -0.25) is 4.79 Å². The summed E-state index contributed by atoms with van der Waals surface area (Å²) in [5.74, 6) is -0.939. The number of rotatable bonds is 1. The number of fused-ring (bicyclic) bond motifs is 1. The van der Waals surface area contributed by atoms with Gasteiger partial charge in [0.2, 0.25) is 5.91 Å². The Hall–Kier alpha value is -1.78. The summed E-state index contributed by atoms with van der Waals surface area (Å²) in [6.07, 6.45) is 0.721. The smallest absolute Gasteiger partial charge is 0.352 e. The Labute approximate surface area is 86.7 Å². The highest BCUT2D eigenvalue weighted by molar-refractivity contribution is 5.86. The van der Waals surface area contributed by atoms with Crippen molar-refractivity contribution >= 4 is 11.9 Å². The lowest BCUT2D eigenvalue weighted by atomic mass is 10.1. The molecule has 2 rings (SSSR count). The van der Waals surface area contributed by atoms with E-state index in [0.29, 0.717) is 13.1 Å². The molecule has 0 saturated carbocycles. The number of nitrogens with one attached hydrogen (secondary N) is 1. The van der Waals surface area contributed by atoms with Crippen molar-refractivity contribution in [2.75, 3.05) is 6.54 Å². The first-order valence-corrected chi connectivity index (χ1v) is 4.77. The number of carboxylic acids is 1. The summed E-state index contributed by atoms with van der Waals surface area (Å²) in [4.78, 5) is 26.4. The highest BCUT2D eigenvalue weighted by Crippen LogP contribution is 2.19. The molecule has 0 radical (unpaired) electrons. The Balaban J connectivity index is 2.26. The molecule has 2 N–H and O–H groups in total. The Kier molecular flexibility index (Phi) is 2.22. The summed E-state index contributed by atoms with van der Waals surface area (Å²) >= 11 is 0. The van der Waals surface area contributed by atoms with Crippen molar-refractivity contribution in [3.05, 3.63) is 23.0 Å². The van der Waals surface area contributed by atoms with E-state index >= 15 is 0 Å². The van der Waals surface area contributed by atoms with Crippen molar-refractivity contribution < 1.29 is 14.7 Å². The summed E-state index contributed by atoms with van der Waals surface area (Å²) in [5.41, 5.74) is 2.05. The van der Waals surface area contributed by atoms with E-state index in [-0.39, 0.29) is 11.6 Å². The van der Waals surface area contributed by atoms with Gasteiger partial charge in [-0.2, -0.15) is 0 Å². The molecule has 0 atom stereocenters. The molecule has 15 heavy (non-hydrogen) atoms. The van der Waals surface area contributed by atoms with Gasteiger partial charge in [0.15, 0.2) is 0 Å². The first-order valence-electron chi connectivity index (χ1n) is 4.77. The minimum Gasteiger partial charge on any atom is -0.477 e. The number of aromatic nitrogens is 1. The van der Waals surface area contributed by atoms with Crippen molar-refractivity contribution in [3.63, 3.8) is 0 Å². The lowest BCUT2D eigenvalue weighted by Crippen LogP contribution is -2.33. The van der Waals surface area contributed by atoms with Crippen LogP contribution in [0.1, 0.15) is 28.7 Å². The van der Waals surface area contributed by atoms with Crippen molar-refractivity contribution in [3.8, 4) is 0 Å². The number of carbonyl (C=O) groups excluding carboxylic acids is 1. The van der Waals surface area contributed by atoms with Crippen LogP contribution in [0.2, 0.25) is 0 Å². The van der Waals surface area contributed by atoms with Gasteiger partial charge in [0, 0.05) is 19.2 Å². The zero-order chi connectivity index (χ0) is 11.0. The van der Waals surface area contributed by atoms with Gasteiger partial charge in [0.25, 0.3) is 0 Å². The number of hydrogen-bond donors (Lipinski definition) is 2. The lowest BCUT2D eigenvalue weighted by molar-refractivity contribution is -0.129. The van der Waals surface area contributed by atoms with Crippen LogP contribution in [0, 0.1) is 0 Å². The third-order valence-corrected chi connectivity index (χ3v) is 2.67.